The number of carbonyl (C=O) groups is 2. The van der Waals surface area contributed by atoms with Gasteiger partial charge in [0.2, 0.25) is 11.7 Å². The zero-order valence-electron chi connectivity index (χ0n) is 11.8. The average Bonchev–Trinajstić information content (AvgIpc) is 2.95. The number of aromatic nitrogens is 2. The van der Waals surface area contributed by atoms with E-state index in [0.717, 1.165) is 5.56 Å². The lowest BCUT2D eigenvalue weighted by Crippen LogP contribution is -2.18. The minimum atomic E-state index is -0.648. The highest BCUT2D eigenvalue weighted by Crippen LogP contribution is 2.17. The molecule has 1 heterocycles. The normalized spacial score (nSPS) is 10.2. The van der Waals surface area contributed by atoms with Crippen LogP contribution in [0.3, 0.4) is 0 Å². The van der Waals surface area contributed by atoms with Crippen LogP contribution in [0.25, 0.3) is 11.4 Å². The number of ether oxygens (including phenoxy) is 1. The van der Waals surface area contributed by atoms with Gasteiger partial charge in [0.05, 0.1) is 6.61 Å². The summed E-state index contributed by atoms with van der Waals surface area (Å²) in [6, 6.07) is 7.28. The van der Waals surface area contributed by atoms with Gasteiger partial charge in [-0.25, -0.2) is 4.79 Å². The maximum absolute atomic E-state index is 11.5. The molecule has 1 aromatic carbocycles. The topological polar surface area (TPSA) is 94.3 Å². The van der Waals surface area contributed by atoms with Crippen LogP contribution in [-0.4, -0.2) is 28.6 Å². The van der Waals surface area contributed by atoms with Crippen molar-refractivity contribution in [3.05, 3.63) is 35.7 Å². The zero-order valence-corrected chi connectivity index (χ0v) is 11.8. The molecule has 0 saturated carbocycles. The molecule has 0 aliphatic heterocycles. The summed E-state index contributed by atoms with van der Waals surface area (Å²) in [4.78, 5) is 26.4. The number of carbonyl (C=O) groups excluding carboxylic acids is 2. The van der Waals surface area contributed by atoms with Gasteiger partial charge in [-0.1, -0.05) is 23.4 Å². The van der Waals surface area contributed by atoms with E-state index >= 15 is 0 Å². The van der Waals surface area contributed by atoms with Gasteiger partial charge in [0.15, 0.2) is 0 Å². The molecule has 2 aromatic rings. The summed E-state index contributed by atoms with van der Waals surface area (Å²) < 4.78 is 9.65. The lowest BCUT2D eigenvalue weighted by atomic mass is 10.1. The molecule has 7 heteroatoms. The van der Waals surface area contributed by atoms with Crippen LogP contribution in [0.1, 0.15) is 30.1 Å². The van der Waals surface area contributed by atoms with E-state index in [1.54, 1.807) is 13.0 Å². The Balaban J connectivity index is 2.16. The Morgan fingerprint density at radius 1 is 1.38 bits per heavy atom. The van der Waals surface area contributed by atoms with Crippen LogP contribution in [0.5, 0.6) is 0 Å². The summed E-state index contributed by atoms with van der Waals surface area (Å²) in [5.74, 6) is -0.642. The average molecular weight is 289 g/mol. The maximum atomic E-state index is 11.5. The Morgan fingerprint density at radius 2 is 2.19 bits per heavy atom. The van der Waals surface area contributed by atoms with E-state index in [0.29, 0.717) is 17.9 Å². The molecular formula is C14H15N3O4. The first-order valence-electron chi connectivity index (χ1n) is 6.44. The third kappa shape index (κ3) is 3.88. The fourth-order valence-corrected chi connectivity index (χ4v) is 1.66. The molecule has 0 bridgehead atoms. The summed E-state index contributed by atoms with van der Waals surface area (Å²) in [6.45, 7) is 3.80. The minimum Gasteiger partial charge on any atom is -0.459 e. The highest BCUT2D eigenvalue weighted by atomic mass is 16.6. The highest BCUT2D eigenvalue weighted by molar-refractivity contribution is 5.84. The Bertz CT molecular complexity index is 651. The van der Waals surface area contributed by atoms with Crippen molar-refractivity contribution in [2.24, 2.45) is 0 Å². The van der Waals surface area contributed by atoms with Gasteiger partial charge in [-0.15, -0.1) is 0 Å². The van der Waals surface area contributed by atoms with E-state index in [1.807, 2.05) is 18.2 Å². The van der Waals surface area contributed by atoms with E-state index in [9.17, 15) is 9.59 Å². The third-order valence-electron chi connectivity index (χ3n) is 2.60. The molecule has 0 spiro atoms. The van der Waals surface area contributed by atoms with E-state index in [4.69, 9.17) is 9.26 Å². The minimum absolute atomic E-state index is 0.107. The Hall–Kier alpha value is -2.70. The second-order valence-corrected chi connectivity index (χ2v) is 4.25. The summed E-state index contributed by atoms with van der Waals surface area (Å²) >= 11 is 0. The quantitative estimate of drug-likeness (QED) is 0.839. The molecular weight excluding hydrogens is 274 g/mol. The predicted molar refractivity (Wildman–Crippen MR) is 73.2 cm³/mol. The van der Waals surface area contributed by atoms with Crippen LogP contribution in [0.4, 0.5) is 0 Å². The van der Waals surface area contributed by atoms with Gasteiger partial charge < -0.3 is 14.6 Å². The van der Waals surface area contributed by atoms with Crippen molar-refractivity contribution < 1.29 is 18.8 Å². The Labute approximate surface area is 121 Å². The molecule has 0 atom stereocenters. The van der Waals surface area contributed by atoms with Gasteiger partial charge in [-0.2, -0.15) is 4.98 Å². The third-order valence-corrected chi connectivity index (χ3v) is 2.60. The fraction of sp³-hybridized carbons (Fsp3) is 0.286. The predicted octanol–water partition coefficient (Wildman–Crippen LogP) is 1.55. The smallest absolute Gasteiger partial charge is 0.397 e. The number of hydrogen-bond acceptors (Lipinski definition) is 6. The first-order valence-corrected chi connectivity index (χ1v) is 6.44. The first kappa shape index (κ1) is 14.7. The van der Waals surface area contributed by atoms with Crippen molar-refractivity contribution in [2.45, 2.75) is 20.4 Å². The van der Waals surface area contributed by atoms with Crippen molar-refractivity contribution in [2.75, 3.05) is 6.61 Å². The van der Waals surface area contributed by atoms with Crippen LogP contribution in [0, 0.1) is 0 Å². The second kappa shape index (κ2) is 6.65. The summed E-state index contributed by atoms with van der Waals surface area (Å²) in [5.41, 5.74) is 1.59. The number of benzene rings is 1. The monoisotopic (exact) mass is 289 g/mol. The molecule has 7 nitrogen and oxygen atoms in total. The van der Waals surface area contributed by atoms with Crippen molar-refractivity contribution in [3.63, 3.8) is 0 Å². The summed E-state index contributed by atoms with van der Waals surface area (Å²) in [7, 11) is 0. The van der Waals surface area contributed by atoms with E-state index < -0.39 is 5.97 Å². The molecule has 1 amide bonds. The van der Waals surface area contributed by atoms with Crippen LogP contribution in [0.2, 0.25) is 0 Å². The molecule has 0 saturated heterocycles. The molecule has 2 rings (SSSR count). The fourth-order valence-electron chi connectivity index (χ4n) is 1.66. The van der Waals surface area contributed by atoms with Crippen LogP contribution < -0.4 is 5.32 Å². The van der Waals surface area contributed by atoms with Crippen LogP contribution >= 0.6 is 0 Å². The Morgan fingerprint density at radius 3 is 2.90 bits per heavy atom. The summed E-state index contributed by atoms with van der Waals surface area (Å²) in [5, 5.41) is 6.46. The van der Waals surface area contributed by atoms with Crippen molar-refractivity contribution in [3.8, 4) is 11.4 Å². The van der Waals surface area contributed by atoms with E-state index in [2.05, 4.69) is 15.5 Å². The number of hydrogen-bond donors (Lipinski definition) is 1. The van der Waals surface area contributed by atoms with Gasteiger partial charge >= 0.3 is 11.9 Å². The molecule has 1 aromatic heterocycles. The maximum Gasteiger partial charge on any atom is 0.397 e. The highest BCUT2D eigenvalue weighted by Gasteiger charge is 2.17. The van der Waals surface area contributed by atoms with Crippen LogP contribution in [0.15, 0.2) is 28.8 Å². The SMILES string of the molecule is CCOC(=O)c1nc(-c2cccc(CNC(C)=O)c2)no1. The van der Waals surface area contributed by atoms with Crippen molar-refractivity contribution >= 4 is 11.9 Å². The molecule has 0 radical (unpaired) electrons. The molecule has 0 aliphatic rings. The van der Waals surface area contributed by atoms with E-state index in [1.165, 1.54) is 6.92 Å². The lowest BCUT2D eigenvalue weighted by molar-refractivity contribution is -0.119. The molecule has 0 unspecified atom stereocenters. The number of esters is 1. The lowest BCUT2D eigenvalue weighted by Gasteiger charge is -2.03. The second-order valence-electron chi connectivity index (χ2n) is 4.25. The first-order chi connectivity index (χ1) is 10.1. The number of nitrogens with one attached hydrogen (secondary N) is 1. The van der Waals surface area contributed by atoms with Crippen molar-refractivity contribution in [1.29, 1.82) is 0 Å². The Kier molecular flexibility index (Phi) is 4.65. The van der Waals surface area contributed by atoms with Gasteiger partial charge in [0, 0.05) is 19.0 Å². The number of rotatable bonds is 5. The van der Waals surface area contributed by atoms with Gasteiger partial charge in [-0.05, 0) is 18.6 Å². The molecule has 0 fully saturated rings. The van der Waals surface area contributed by atoms with Gasteiger partial charge in [-0.3, -0.25) is 4.79 Å². The molecule has 21 heavy (non-hydrogen) atoms. The molecule has 1 N–H and O–H groups in total. The largest absolute Gasteiger partial charge is 0.459 e. The van der Waals surface area contributed by atoms with Crippen LogP contribution in [-0.2, 0) is 16.1 Å². The standard InChI is InChI=1S/C14H15N3O4/c1-3-20-14(19)13-16-12(17-21-13)11-6-4-5-10(7-11)8-15-9(2)18/h4-7H,3,8H2,1-2H3,(H,15,18). The number of nitrogens with zero attached hydrogens (tertiary/aromatic N) is 2. The van der Waals surface area contributed by atoms with Gasteiger partial charge in [0.1, 0.15) is 0 Å². The number of amides is 1. The molecule has 110 valence electrons. The van der Waals surface area contributed by atoms with Crippen molar-refractivity contribution in [1.82, 2.24) is 15.5 Å². The van der Waals surface area contributed by atoms with E-state index in [-0.39, 0.29) is 18.4 Å². The summed E-state index contributed by atoms with van der Waals surface area (Å²) in [6.07, 6.45) is 0. The molecule has 0 aliphatic carbocycles. The van der Waals surface area contributed by atoms with Gasteiger partial charge in [0.25, 0.3) is 0 Å². The zero-order chi connectivity index (χ0) is 15.2.